The summed E-state index contributed by atoms with van der Waals surface area (Å²) in [5.74, 6) is -0.136. The van der Waals surface area contributed by atoms with Gasteiger partial charge in [-0.1, -0.05) is 48.0 Å². The number of carbonyl (C=O) groups excluding carboxylic acids is 3. The van der Waals surface area contributed by atoms with Crippen molar-refractivity contribution < 1.29 is 23.9 Å². The Balaban J connectivity index is 1.59. The second-order valence-electron chi connectivity index (χ2n) is 7.78. The van der Waals surface area contributed by atoms with Gasteiger partial charge in [-0.15, -0.1) is 0 Å². The van der Waals surface area contributed by atoms with Crippen molar-refractivity contribution in [3.63, 3.8) is 0 Å². The first-order valence-corrected chi connectivity index (χ1v) is 12.8. The summed E-state index contributed by atoms with van der Waals surface area (Å²) in [5.41, 5.74) is 3.05. The monoisotopic (exact) mass is 599 g/mol. The minimum Gasteiger partial charge on any atom is -0.490 e. The molecule has 1 saturated heterocycles. The molecule has 1 fully saturated rings. The van der Waals surface area contributed by atoms with Gasteiger partial charge in [0.25, 0.3) is 11.1 Å². The minimum atomic E-state index is -0.491. The van der Waals surface area contributed by atoms with Gasteiger partial charge in [0.05, 0.1) is 27.2 Å². The summed E-state index contributed by atoms with van der Waals surface area (Å²) in [5, 5.41) is -0.309. The zero-order chi connectivity index (χ0) is 24.9. The van der Waals surface area contributed by atoms with E-state index in [2.05, 4.69) is 22.6 Å². The molecular weight excluding hydrogens is 577 g/mol. The zero-order valence-electron chi connectivity index (χ0n) is 19.1. The Morgan fingerprint density at radius 3 is 2.54 bits per heavy atom. The Hall–Kier alpha value is -3.11. The van der Waals surface area contributed by atoms with Crippen molar-refractivity contribution in [1.29, 1.82) is 0 Å². The van der Waals surface area contributed by atoms with E-state index in [1.807, 2.05) is 44.2 Å². The van der Waals surface area contributed by atoms with Crippen LogP contribution in [0.3, 0.4) is 0 Å². The lowest BCUT2D eigenvalue weighted by Crippen LogP contribution is -2.27. The number of hydrogen-bond donors (Lipinski definition) is 0. The SMILES string of the molecule is CCOc1cc(/C=C2\SC(=O)N(Cc3cccc(C)c3)C2=O)cc(I)c1OC(=O)c1ccccc1. The molecule has 2 amide bonds. The molecule has 1 aliphatic heterocycles. The number of benzene rings is 3. The molecule has 0 aliphatic carbocycles. The predicted octanol–water partition coefficient (Wildman–Crippen LogP) is 6.45. The van der Waals surface area contributed by atoms with Crippen molar-refractivity contribution in [3.05, 3.63) is 97.5 Å². The van der Waals surface area contributed by atoms with Crippen LogP contribution in [0.4, 0.5) is 4.79 Å². The molecule has 1 aliphatic rings. The van der Waals surface area contributed by atoms with Gasteiger partial charge in [-0.25, -0.2) is 4.79 Å². The van der Waals surface area contributed by atoms with Gasteiger partial charge in [0, 0.05) is 0 Å². The van der Waals surface area contributed by atoms with E-state index in [0.29, 0.717) is 37.7 Å². The summed E-state index contributed by atoms with van der Waals surface area (Å²) in [6.45, 7) is 4.39. The van der Waals surface area contributed by atoms with Gasteiger partial charge in [-0.05, 0) is 89.7 Å². The Kier molecular flexibility index (Phi) is 7.92. The van der Waals surface area contributed by atoms with Gasteiger partial charge in [-0.2, -0.15) is 0 Å². The van der Waals surface area contributed by atoms with E-state index < -0.39 is 5.97 Å². The van der Waals surface area contributed by atoms with Crippen LogP contribution in [-0.4, -0.2) is 28.6 Å². The highest BCUT2D eigenvalue weighted by atomic mass is 127. The molecule has 0 radical (unpaired) electrons. The Morgan fingerprint density at radius 2 is 1.83 bits per heavy atom. The summed E-state index contributed by atoms with van der Waals surface area (Å²) in [6, 6.07) is 19.9. The van der Waals surface area contributed by atoms with Crippen molar-refractivity contribution in [3.8, 4) is 11.5 Å². The number of ether oxygens (including phenoxy) is 2. The summed E-state index contributed by atoms with van der Waals surface area (Å²) in [7, 11) is 0. The Labute approximate surface area is 221 Å². The third kappa shape index (κ3) is 5.94. The topological polar surface area (TPSA) is 72.9 Å². The van der Waals surface area contributed by atoms with E-state index in [-0.39, 0.29) is 17.7 Å². The number of hydrogen-bond acceptors (Lipinski definition) is 6. The van der Waals surface area contributed by atoms with Crippen molar-refractivity contribution in [2.75, 3.05) is 6.61 Å². The molecule has 0 saturated carbocycles. The summed E-state index contributed by atoms with van der Waals surface area (Å²) >= 11 is 2.97. The number of amides is 2. The van der Waals surface area contributed by atoms with Crippen molar-refractivity contribution >= 4 is 57.5 Å². The van der Waals surface area contributed by atoms with Crippen LogP contribution in [0.1, 0.15) is 34.0 Å². The summed E-state index contributed by atoms with van der Waals surface area (Å²) in [4.78, 5) is 39.7. The fraction of sp³-hybridized carbons (Fsp3) is 0.148. The quantitative estimate of drug-likeness (QED) is 0.135. The normalized spacial score (nSPS) is 14.5. The molecule has 1 heterocycles. The van der Waals surface area contributed by atoms with Crippen LogP contribution in [0.2, 0.25) is 0 Å². The fourth-order valence-corrected chi connectivity index (χ4v) is 5.11. The molecular formula is C27H22INO5S. The highest BCUT2D eigenvalue weighted by molar-refractivity contribution is 14.1. The summed E-state index contributed by atoms with van der Waals surface area (Å²) in [6.07, 6.45) is 1.66. The smallest absolute Gasteiger partial charge is 0.343 e. The van der Waals surface area contributed by atoms with Gasteiger partial charge in [0.2, 0.25) is 0 Å². The highest BCUT2D eigenvalue weighted by Gasteiger charge is 2.35. The molecule has 0 N–H and O–H groups in total. The molecule has 0 bridgehead atoms. The van der Waals surface area contributed by atoms with Gasteiger partial charge >= 0.3 is 5.97 Å². The van der Waals surface area contributed by atoms with Crippen LogP contribution >= 0.6 is 34.4 Å². The molecule has 0 spiro atoms. The van der Waals surface area contributed by atoms with Crippen LogP contribution in [0.5, 0.6) is 11.5 Å². The maximum absolute atomic E-state index is 13.0. The first-order chi connectivity index (χ1) is 16.9. The van der Waals surface area contributed by atoms with Crippen molar-refractivity contribution in [2.24, 2.45) is 0 Å². The molecule has 4 rings (SSSR count). The van der Waals surface area contributed by atoms with Gasteiger partial charge in [0.15, 0.2) is 11.5 Å². The van der Waals surface area contributed by atoms with Gasteiger partial charge in [0.1, 0.15) is 0 Å². The number of aryl methyl sites for hydroxylation is 1. The second-order valence-corrected chi connectivity index (χ2v) is 9.93. The van der Waals surface area contributed by atoms with Crippen molar-refractivity contribution in [1.82, 2.24) is 4.90 Å². The maximum atomic E-state index is 13.0. The Bertz CT molecular complexity index is 1320. The van der Waals surface area contributed by atoms with Crippen LogP contribution < -0.4 is 9.47 Å². The highest BCUT2D eigenvalue weighted by Crippen LogP contribution is 2.38. The van der Waals surface area contributed by atoms with E-state index in [4.69, 9.17) is 9.47 Å². The lowest BCUT2D eigenvalue weighted by atomic mass is 10.1. The number of thioether (sulfide) groups is 1. The van der Waals surface area contributed by atoms with Crippen LogP contribution in [-0.2, 0) is 11.3 Å². The average molecular weight is 599 g/mol. The maximum Gasteiger partial charge on any atom is 0.343 e. The average Bonchev–Trinajstić information content (AvgIpc) is 3.09. The number of imide groups is 1. The predicted molar refractivity (Wildman–Crippen MR) is 144 cm³/mol. The first-order valence-electron chi connectivity index (χ1n) is 10.9. The van der Waals surface area contributed by atoms with Gasteiger partial charge < -0.3 is 9.47 Å². The fourth-order valence-electron chi connectivity index (χ4n) is 3.54. The third-order valence-corrected chi connectivity index (χ3v) is 6.84. The second kappa shape index (κ2) is 11.1. The van der Waals surface area contributed by atoms with Crippen LogP contribution in [0, 0.1) is 10.5 Å². The first kappa shape index (κ1) is 25.0. The van der Waals surface area contributed by atoms with Crippen molar-refractivity contribution in [2.45, 2.75) is 20.4 Å². The van der Waals surface area contributed by atoms with E-state index in [0.717, 1.165) is 22.9 Å². The van der Waals surface area contributed by atoms with Gasteiger partial charge in [-0.3, -0.25) is 14.5 Å². The van der Waals surface area contributed by atoms with Crippen LogP contribution in [0.25, 0.3) is 6.08 Å². The minimum absolute atomic E-state index is 0.222. The Morgan fingerprint density at radius 1 is 1.06 bits per heavy atom. The van der Waals surface area contributed by atoms with E-state index in [9.17, 15) is 14.4 Å². The third-order valence-electron chi connectivity index (χ3n) is 5.13. The number of nitrogens with zero attached hydrogens (tertiary/aromatic N) is 1. The molecule has 0 unspecified atom stereocenters. The lowest BCUT2D eigenvalue weighted by molar-refractivity contribution is -0.123. The molecule has 8 heteroatoms. The lowest BCUT2D eigenvalue weighted by Gasteiger charge is -2.14. The molecule has 35 heavy (non-hydrogen) atoms. The molecule has 0 atom stereocenters. The van der Waals surface area contributed by atoms with E-state index in [1.165, 1.54) is 4.90 Å². The van der Waals surface area contributed by atoms with E-state index in [1.54, 1.807) is 42.5 Å². The van der Waals surface area contributed by atoms with Crippen LogP contribution in [0.15, 0.2) is 71.6 Å². The number of rotatable bonds is 7. The summed E-state index contributed by atoms with van der Waals surface area (Å²) < 4.78 is 12.0. The standard InChI is InChI=1S/C27H22INO5S/c1-3-33-22-14-19(13-21(28)24(22)34-26(31)20-10-5-4-6-11-20)15-23-25(30)29(27(32)35-23)16-18-9-7-8-17(2)12-18/h4-15H,3,16H2,1-2H3/b23-15-. The largest absolute Gasteiger partial charge is 0.490 e. The number of halogens is 1. The molecule has 3 aromatic carbocycles. The number of esters is 1. The molecule has 0 aromatic heterocycles. The zero-order valence-corrected chi connectivity index (χ0v) is 22.1. The molecule has 178 valence electrons. The molecule has 6 nitrogen and oxygen atoms in total. The van der Waals surface area contributed by atoms with E-state index >= 15 is 0 Å². The molecule has 3 aromatic rings. The number of carbonyl (C=O) groups is 3.